The minimum atomic E-state index is 0.179. The van der Waals surface area contributed by atoms with Gasteiger partial charge in [-0.1, -0.05) is 49.4 Å². The van der Waals surface area contributed by atoms with Gasteiger partial charge in [0.25, 0.3) is 0 Å². The lowest BCUT2D eigenvalue weighted by molar-refractivity contribution is -0.125. The van der Waals surface area contributed by atoms with Gasteiger partial charge in [-0.15, -0.1) is 0 Å². The maximum atomic E-state index is 12.0. The Hall–Kier alpha value is -1.57. The van der Waals surface area contributed by atoms with Crippen LogP contribution in [0.2, 0.25) is 0 Å². The highest BCUT2D eigenvalue weighted by molar-refractivity contribution is 5.79. The van der Waals surface area contributed by atoms with Gasteiger partial charge in [0.05, 0.1) is 0 Å². The SMILES string of the molecule is C[C@@H](CNC(=O)[C@@H]1CC=CCC1)c1ccccc1. The van der Waals surface area contributed by atoms with E-state index in [1.165, 1.54) is 5.56 Å². The molecule has 0 unspecified atom stereocenters. The monoisotopic (exact) mass is 243 g/mol. The first-order valence-electron chi connectivity index (χ1n) is 6.75. The standard InChI is InChI=1S/C16H21NO/c1-13(14-8-4-2-5-9-14)12-17-16(18)15-10-6-3-7-11-15/h2-6,8-9,13,15H,7,10-12H2,1H3,(H,17,18)/t13-,15+/m0/s1. The molecule has 2 atom stereocenters. The van der Waals surface area contributed by atoms with Crippen LogP contribution < -0.4 is 5.32 Å². The van der Waals surface area contributed by atoms with Crippen molar-refractivity contribution in [2.75, 3.05) is 6.54 Å². The first-order valence-corrected chi connectivity index (χ1v) is 6.75. The molecule has 2 nitrogen and oxygen atoms in total. The Balaban J connectivity index is 1.80. The molecule has 1 aliphatic carbocycles. The van der Waals surface area contributed by atoms with E-state index < -0.39 is 0 Å². The Labute approximate surface area is 109 Å². The molecule has 0 saturated carbocycles. The first-order chi connectivity index (χ1) is 8.77. The van der Waals surface area contributed by atoms with Crippen LogP contribution in [0.15, 0.2) is 42.5 Å². The van der Waals surface area contributed by atoms with E-state index in [9.17, 15) is 4.79 Å². The molecule has 18 heavy (non-hydrogen) atoms. The van der Waals surface area contributed by atoms with Gasteiger partial charge in [-0.2, -0.15) is 0 Å². The van der Waals surface area contributed by atoms with Crippen molar-refractivity contribution in [1.82, 2.24) is 5.32 Å². The van der Waals surface area contributed by atoms with Crippen LogP contribution in [0.5, 0.6) is 0 Å². The van der Waals surface area contributed by atoms with Crippen molar-refractivity contribution in [3.05, 3.63) is 48.0 Å². The van der Waals surface area contributed by atoms with Gasteiger partial charge < -0.3 is 5.32 Å². The number of allylic oxidation sites excluding steroid dienone is 2. The smallest absolute Gasteiger partial charge is 0.223 e. The van der Waals surface area contributed by atoms with E-state index in [0.717, 1.165) is 25.8 Å². The molecule has 2 rings (SSSR count). The zero-order valence-corrected chi connectivity index (χ0v) is 10.9. The number of amides is 1. The summed E-state index contributed by atoms with van der Waals surface area (Å²) in [6.07, 6.45) is 7.20. The molecule has 1 aliphatic rings. The van der Waals surface area contributed by atoms with Gasteiger partial charge in [0.2, 0.25) is 5.91 Å². The third-order valence-electron chi connectivity index (χ3n) is 3.59. The average molecular weight is 243 g/mol. The number of benzene rings is 1. The summed E-state index contributed by atoms with van der Waals surface area (Å²) >= 11 is 0. The molecular formula is C16H21NO. The van der Waals surface area contributed by atoms with Crippen LogP contribution in [0, 0.1) is 5.92 Å². The Bertz CT molecular complexity index is 410. The quantitative estimate of drug-likeness (QED) is 0.808. The number of nitrogens with one attached hydrogen (secondary N) is 1. The van der Waals surface area contributed by atoms with Gasteiger partial charge in [-0.25, -0.2) is 0 Å². The highest BCUT2D eigenvalue weighted by Crippen LogP contribution is 2.19. The molecule has 96 valence electrons. The van der Waals surface area contributed by atoms with Gasteiger partial charge in [0.15, 0.2) is 0 Å². The van der Waals surface area contributed by atoms with E-state index >= 15 is 0 Å². The molecule has 0 aromatic heterocycles. The van der Waals surface area contributed by atoms with E-state index in [1.807, 2.05) is 18.2 Å². The molecule has 0 bridgehead atoms. The van der Waals surface area contributed by atoms with Crippen molar-refractivity contribution in [3.8, 4) is 0 Å². The summed E-state index contributed by atoms with van der Waals surface area (Å²) in [5, 5.41) is 3.08. The summed E-state index contributed by atoms with van der Waals surface area (Å²) in [5.41, 5.74) is 1.28. The molecule has 0 saturated heterocycles. The summed E-state index contributed by atoms with van der Waals surface area (Å²) in [6, 6.07) is 10.3. The van der Waals surface area contributed by atoms with Gasteiger partial charge in [0, 0.05) is 12.5 Å². The molecule has 0 fully saturated rings. The normalized spacial score (nSPS) is 20.4. The number of hydrogen-bond donors (Lipinski definition) is 1. The molecule has 2 heteroatoms. The fourth-order valence-corrected chi connectivity index (χ4v) is 2.33. The minimum Gasteiger partial charge on any atom is -0.355 e. The van der Waals surface area contributed by atoms with Gasteiger partial charge >= 0.3 is 0 Å². The number of hydrogen-bond acceptors (Lipinski definition) is 1. The zero-order chi connectivity index (χ0) is 12.8. The second-order valence-corrected chi connectivity index (χ2v) is 5.04. The summed E-state index contributed by atoms with van der Waals surface area (Å²) in [4.78, 5) is 12.0. The molecule has 1 aromatic carbocycles. The van der Waals surface area contributed by atoms with Crippen LogP contribution in [-0.4, -0.2) is 12.5 Å². The lowest BCUT2D eigenvalue weighted by Gasteiger charge is -2.19. The molecule has 0 aliphatic heterocycles. The van der Waals surface area contributed by atoms with Crippen molar-refractivity contribution in [2.24, 2.45) is 5.92 Å². The lowest BCUT2D eigenvalue weighted by atomic mass is 9.93. The van der Waals surface area contributed by atoms with Crippen LogP contribution in [0.4, 0.5) is 0 Å². The third-order valence-corrected chi connectivity index (χ3v) is 3.59. The predicted molar refractivity (Wildman–Crippen MR) is 74.3 cm³/mol. The number of carbonyl (C=O) groups is 1. The van der Waals surface area contributed by atoms with Gasteiger partial charge in [0.1, 0.15) is 0 Å². The Morgan fingerprint density at radius 3 is 2.78 bits per heavy atom. The first kappa shape index (κ1) is 12.9. The second-order valence-electron chi connectivity index (χ2n) is 5.04. The van der Waals surface area contributed by atoms with Crippen molar-refractivity contribution in [3.63, 3.8) is 0 Å². The molecular weight excluding hydrogens is 222 g/mol. The average Bonchev–Trinajstić information content (AvgIpc) is 2.46. The van der Waals surface area contributed by atoms with E-state index in [2.05, 4.69) is 36.5 Å². The van der Waals surface area contributed by atoms with Crippen molar-refractivity contribution >= 4 is 5.91 Å². The van der Waals surface area contributed by atoms with E-state index in [0.29, 0.717) is 5.92 Å². The summed E-state index contributed by atoms with van der Waals surface area (Å²) in [6.45, 7) is 2.87. The highest BCUT2D eigenvalue weighted by atomic mass is 16.1. The maximum Gasteiger partial charge on any atom is 0.223 e. The summed E-state index contributed by atoms with van der Waals surface area (Å²) in [7, 11) is 0. The fourth-order valence-electron chi connectivity index (χ4n) is 2.33. The second kappa shape index (κ2) is 6.39. The molecule has 1 aromatic rings. The maximum absolute atomic E-state index is 12.0. The topological polar surface area (TPSA) is 29.1 Å². The van der Waals surface area contributed by atoms with E-state index in [1.54, 1.807) is 0 Å². The molecule has 1 amide bonds. The largest absolute Gasteiger partial charge is 0.355 e. The van der Waals surface area contributed by atoms with Crippen LogP contribution in [0.3, 0.4) is 0 Å². The Morgan fingerprint density at radius 2 is 2.11 bits per heavy atom. The molecule has 0 heterocycles. The predicted octanol–water partition coefficient (Wildman–Crippen LogP) is 3.26. The number of carbonyl (C=O) groups excluding carboxylic acids is 1. The summed E-state index contributed by atoms with van der Waals surface area (Å²) < 4.78 is 0. The molecule has 0 spiro atoms. The summed E-state index contributed by atoms with van der Waals surface area (Å²) in [5.74, 6) is 0.759. The van der Waals surface area contributed by atoms with Crippen molar-refractivity contribution < 1.29 is 4.79 Å². The Kier molecular flexibility index (Phi) is 4.57. The van der Waals surface area contributed by atoms with Crippen LogP contribution >= 0.6 is 0 Å². The van der Waals surface area contributed by atoms with Gasteiger partial charge in [-0.3, -0.25) is 4.79 Å². The van der Waals surface area contributed by atoms with Crippen molar-refractivity contribution in [2.45, 2.75) is 32.1 Å². The van der Waals surface area contributed by atoms with Crippen LogP contribution in [0.25, 0.3) is 0 Å². The lowest BCUT2D eigenvalue weighted by Crippen LogP contribution is -2.33. The molecule has 1 N–H and O–H groups in total. The van der Waals surface area contributed by atoms with Crippen LogP contribution in [0.1, 0.15) is 37.7 Å². The van der Waals surface area contributed by atoms with Gasteiger partial charge in [-0.05, 0) is 30.7 Å². The van der Waals surface area contributed by atoms with E-state index in [4.69, 9.17) is 0 Å². The van der Waals surface area contributed by atoms with Crippen molar-refractivity contribution in [1.29, 1.82) is 0 Å². The minimum absolute atomic E-state index is 0.179. The van der Waals surface area contributed by atoms with E-state index in [-0.39, 0.29) is 11.8 Å². The molecule has 0 radical (unpaired) electrons. The van der Waals surface area contributed by atoms with Crippen LogP contribution in [-0.2, 0) is 4.79 Å². The Morgan fingerprint density at radius 1 is 1.33 bits per heavy atom. The highest BCUT2D eigenvalue weighted by Gasteiger charge is 2.18. The third kappa shape index (κ3) is 3.46. The fraction of sp³-hybridized carbons (Fsp3) is 0.438. The number of rotatable bonds is 4. The zero-order valence-electron chi connectivity index (χ0n) is 10.9.